The summed E-state index contributed by atoms with van der Waals surface area (Å²) in [5.74, 6) is -0.576. The van der Waals surface area contributed by atoms with Crippen LogP contribution < -0.4 is 10.0 Å². The first-order chi connectivity index (χ1) is 16.8. The minimum absolute atomic E-state index is 0.0490. The van der Waals surface area contributed by atoms with Crippen molar-refractivity contribution in [1.82, 2.24) is 19.3 Å². The number of alkyl halides is 3. The summed E-state index contributed by atoms with van der Waals surface area (Å²) < 4.78 is 90.3. The zero-order chi connectivity index (χ0) is 26.6. The van der Waals surface area contributed by atoms with E-state index < -0.39 is 37.7 Å². The fraction of sp³-hybridized carbons (Fsp3) is 0.364. The fourth-order valence-corrected chi connectivity index (χ4v) is 5.65. The normalized spacial score (nSPS) is 17.1. The summed E-state index contributed by atoms with van der Waals surface area (Å²) in [4.78, 5) is 15.9. The van der Waals surface area contributed by atoms with Crippen LogP contribution in [0.3, 0.4) is 0 Å². The molecule has 1 atom stereocenters. The van der Waals surface area contributed by atoms with E-state index in [4.69, 9.17) is 0 Å². The lowest BCUT2D eigenvalue weighted by Gasteiger charge is -2.17. The van der Waals surface area contributed by atoms with Gasteiger partial charge < -0.3 is 5.32 Å². The Kier molecular flexibility index (Phi) is 8.54. The molecule has 1 aliphatic heterocycles. The molecular formula is C22H25F3N4O5S2. The van der Waals surface area contributed by atoms with E-state index in [1.54, 1.807) is 0 Å². The van der Waals surface area contributed by atoms with Crippen LogP contribution in [-0.4, -0.2) is 51.7 Å². The van der Waals surface area contributed by atoms with Crippen molar-refractivity contribution in [2.45, 2.75) is 30.5 Å². The minimum atomic E-state index is -4.49. The SMILES string of the molecule is C=CS(=O)(=O)NC[C@H]1CCN(S(=O)(=O)c2ccc(CC(=O)NCc3ccc(C(F)(F)F)cn3)cc2)C1. The van der Waals surface area contributed by atoms with E-state index in [0.717, 1.165) is 11.5 Å². The molecule has 1 amide bonds. The Morgan fingerprint density at radius 1 is 1.14 bits per heavy atom. The van der Waals surface area contributed by atoms with Crippen molar-refractivity contribution in [1.29, 1.82) is 0 Å². The maximum Gasteiger partial charge on any atom is 0.417 e. The topological polar surface area (TPSA) is 126 Å². The van der Waals surface area contributed by atoms with Gasteiger partial charge >= 0.3 is 6.18 Å². The zero-order valence-corrected chi connectivity index (χ0v) is 20.7. The molecule has 36 heavy (non-hydrogen) atoms. The van der Waals surface area contributed by atoms with Gasteiger partial charge in [-0.1, -0.05) is 18.7 Å². The number of hydrogen-bond donors (Lipinski definition) is 2. The summed E-state index contributed by atoms with van der Waals surface area (Å²) in [5.41, 5.74) is -0.0710. The van der Waals surface area contributed by atoms with E-state index in [2.05, 4.69) is 21.6 Å². The lowest BCUT2D eigenvalue weighted by Crippen LogP contribution is -2.32. The molecule has 1 fully saturated rings. The molecule has 2 aromatic rings. The number of carbonyl (C=O) groups is 1. The van der Waals surface area contributed by atoms with Crippen molar-refractivity contribution >= 4 is 26.0 Å². The Morgan fingerprint density at radius 2 is 1.83 bits per heavy atom. The Morgan fingerprint density at radius 3 is 2.42 bits per heavy atom. The van der Waals surface area contributed by atoms with Gasteiger partial charge in [0.05, 0.1) is 29.1 Å². The minimum Gasteiger partial charge on any atom is -0.350 e. The average Bonchev–Trinajstić information content (AvgIpc) is 3.32. The molecule has 1 saturated heterocycles. The van der Waals surface area contributed by atoms with Crippen molar-refractivity contribution in [2.24, 2.45) is 5.92 Å². The first kappa shape index (κ1) is 27.8. The van der Waals surface area contributed by atoms with Gasteiger partial charge in [0.1, 0.15) is 0 Å². The van der Waals surface area contributed by atoms with Crippen LogP contribution in [-0.2, 0) is 44.0 Å². The highest BCUT2D eigenvalue weighted by Gasteiger charge is 2.33. The number of carbonyl (C=O) groups excluding carboxylic acids is 1. The summed E-state index contributed by atoms with van der Waals surface area (Å²) in [6, 6.07) is 7.87. The molecule has 2 heterocycles. The molecule has 0 bridgehead atoms. The Balaban J connectivity index is 1.52. The van der Waals surface area contributed by atoms with Crippen molar-refractivity contribution in [3.05, 3.63) is 71.4 Å². The summed E-state index contributed by atoms with van der Waals surface area (Å²) >= 11 is 0. The molecule has 1 aromatic carbocycles. The van der Waals surface area contributed by atoms with Crippen molar-refractivity contribution in [3.63, 3.8) is 0 Å². The van der Waals surface area contributed by atoms with Crippen molar-refractivity contribution in [2.75, 3.05) is 19.6 Å². The molecule has 0 radical (unpaired) electrons. The summed E-state index contributed by atoms with van der Waals surface area (Å²) in [7, 11) is -7.37. The van der Waals surface area contributed by atoms with Gasteiger partial charge in [0, 0.05) is 31.2 Å². The first-order valence-corrected chi connectivity index (χ1v) is 13.8. The van der Waals surface area contributed by atoms with Gasteiger partial charge in [-0.2, -0.15) is 17.5 Å². The van der Waals surface area contributed by atoms with Crippen LogP contribution in [0.15, 0.2) is 59.5 Å². The average molecular weight is 547 g/mol. The van der Waals surface area contributed by atoms with E-state index in [9.17, 15) is 34.8 Å². The van der Waals surface area contributed by atoms with E-state index in [1.165, 1.54) is 34.6 Å². The number of aromatic nitrogens is 1. The predicted octanol–water partition coefficient (Wildman–Crippen LogP) is 2.03. The molecule has 9 nitrogen and oxygen atoms in total. The van der Waals surface area contributed by atoms with Gasteiger partial charge in [0.2, 0.25) is 26.0 Å². The predicted molar refractivity (Wildman–Crippen MR) is 125 cm³/mol. The molecule has 0 saturated carbocycles. The monoisotopic (exact) mass is 546 g/mol. The van der Waals surface area contributed by atoms with Crippen LogP contribution in [0.5, 0.6) is 0 Å². The molecule has 0 spiro atoms. The lowest BCUT2D eigenvalue weighted by molar-refractivity contribution is -0.137. The molecule has 0 aliphatic carbocycles. The highest BCUT2D eigenvalue weighted by atomic mass is 32.2. The van der Waals surface area contributed by atoms with Crippen LogP contribution in [0.2, 0.25) is 0 Å². The number of nitrogens with zero attached hydrogens (tertiary/aromatic N) is 2. The van der Waals surface area contributed by atoms with Crippen LogP contribution in [0, 0.1) is 5.92 Å². The number of pyridine rings is 1. The maximum atomic E-state index is 12.9. The standard InChI is InChI=1S/C22H25F3N4O5S2/c1-2-35(31,32)28-12-17-9-10-29(15-17)36(33,34)20-7-3-16(4-8-20)11-21(30)27-14-19-6-5-18(13-26-19)22(23,24)25/h2-8,13,17,28H,1,9-12,14-15H2,(H,27,30)/t17-/m1/s1. The summed E-state index contributed by atoms with van der Waals surface area (Å²) in [6.45, 7) is 3.69. The summed E-state index contributed by atoms with van der Waals surface area (Å²) in [5, 5.41) is 3.36. The van der Waals surface area contributed by atoms with Crippen LogP contribution in [0.25, 0.3) is 0 Å². The second-order valence-corrected chi connectivity index (χ2v) is 11.9. The number of benzene rings is 1. The molecular weight excluding hydrogens is 521 g/mol. The second kappa shape index (κ2) is 11.1. The van der Waals surface area contributed by atoms with Crippen molar-refractivity contribution < 1.29 is 34.8 Å². The number of sulfonamides is 2. The van der Waals surface area contributed by atoms with E-state index in [0.29, 0.717) is 18.2 Å². The van der Waals surface area contributed by atoms with Gasteiger partial charge in [0.25, 0.3) is 0 Å². The molecule has 0 unspecified atom stereocenters. The third-order valence-corrected chi connectivity index (χ3v) is 8.47. The van der Waals surface area contributed by atoms with Crippen LogP contribution >= 0.6 is 0 Å². The fourth-order valence-electron chi connectivity index (χ4n) is 3.54. The molecule has 14 heteroatoms. The Labute approximate surface area is 207 Å². The Bertz CT molecular complexity index is 1300. The highest BCUT2D eigenvalue weighted by Crippen LogP contribution is 2.28. The van der Waals surface area contributed by atoms with Gasteiger partial charge in [-0.15, -0.1) is 0 Å². The number of amides is 1. The smallest absolute Gasteiger partial charge is 0.350 e. The largest absolute Gasteiger partial charge is 0.417 e. The van der Waals surface area contributed by atoms with E-state index in [1.807, 2.05) is 0 Å². The van der Waals surface area contributed by atoms with Crippen LogP contribution in [0.4, 0.5) is 13.2 Å². The van der Waals surface area contributed by atoms with Crippen molar-refractivity contribution in [3.8, 4) is 0 Å². The molecule has 2 N–H and O–H groups in total. The lowest BCUT2D eigenvalue weighted by atomic mass is 10.1. The number of rotatable bonds is 10. The first-order valence-electron chi connectivity index (χ1n) is 10.8. The van der Waals surface area contributed by atoms with E-state index in [-0.39, 0.29) is 49.1 Å². The molecule has 1 aromatic heterocycles. The maximum absolute atomic E-state index is 12.9. The second-order valence-electron chi connectivity index (χ2n) is 8.21. The molecule has 1 aliphatic rings. The number of nitrogens with one attached hydrogen (secondary N) is 2. The van der Waals surface area contributed by atoms with Gasteiger partial charge in [0.15, 0.2) is 0 Å². The highest BCUT2D eigenvalue weighted by molar-refractivity contribution is 7.92. The van der Waals surface area contributed by atoms with E-state index >= 15 is 0 Å². The third-order valence-electron chi connectivity index (χ3n) is 5.59. The Hall–Kier alpha value is -2.81. The third kappa shape index (κ3) is 7.35. The van der Waals surface area contributed by atoms with Crippen LogP contribution in [0.1, 0.15) is 23.2 Å². The van der Waals surface area contributed by atoms with Gasteiger partial charge in [-0.25, -0.2) is 21.6 Å². The van der Waals surface area contributed by atoms with Gasteiger partial charge in [-0.05, 0) is 42.2 Å². The number of hydrogen-bond acceptors (Lipinski definition) is 6. The molecule has 3 rings (SSSR count). The van der Waals surface area contributed by atoms with Gasteiger partial charge in [-0.3, -0.25) is 9.78 Å². The quantitative estimate of drug-likeness (QED) is 0.470. The zero-order valence-electron chi connectivity index (χ0n) is 19.0. The molecule has 196 valence electrons. The summed E-state index contributed by atoms with van der Waals surface area (Å²) in [6.07, 6.45) is -3.35. The number of halogens is 3.